The molecule has 3 atom stereocenters. The highest BCUT2D eigenvalue weighted by molar-refractivity contribution is 8.00. The predicted octanol–water partition coefficient (Wildman–Crippen LogP) is 2.09. The van der Waals surface area contributed by atoms with Crippen LogP contribution in [0.2, 0.25) is 0 Å². The molecule has 114 valence electrons. The number of amides is 2. The molecule has 1 saturated heterocycles. The molecule has 0 bridgehead atoms. The number of rotatable bonds is 4. The monoisotopic (exact) mass is 309 g/mol. The number of urea groups is 1. The van der Waals surface area contributed by atoms with Gasteiger partial charge in [-0.2, -0.15) is 0 Å². The minimum atomic E-state index is -0.956. The number of nitrogens with one attached hydrogen (secondary N) is 1. The van der Waals surface area contributed by atoms with Crippen LogP contribution in [0.4, 0.5) is 4.79 Å². The summed E-state index contributed by atoms with van der Waals surface area (Å²) in [6.07, 6.45) is 4.08. The van der Waals surface area contributed by atoms with Gasteiger partial charge in [-0.3, -0.25) is 9.88 Å². The van der Waals surface area contributed by atoms with Gasteiger partial charge in [0.2, 0.25) is 0 Å². The van der Waals surface area contributed by atoms with Crippen LogP contribution < -0.4 is 5.32 Å². The summed E-state index contributed by atoms with van der Waals surface area (Å²) >= 11 is 1.51. The van der Waals surface area contributed by atoms with Crippen LogP contribution in [0.15, 0.2) is 24.5 Å². The lowest BCUT2D eigenvalue weighted by Gasteiger charge is -2.28. The second-order valence-corrected chi connectivity index (χ2v) is 6.13. The van der Waals surface area contributed by atoms with Crippen LogP contribution in [0.25, 0.3) is 0 Å². The smallest absolute Gasteiger partial charge is 0.327 e. The predicted molar refractivity (Wildman–Crippen MR) is 81.0 cm³/mol. The maximum absolute atomic E-state index is 12.4. The molecule has 1 fully saturated rings. The molecule has 0 aliphatic carbocycles. The Kier molecular flexibility index (Phi) is 5.06. The topological polar surface area (TPSA) is 82.5 Å². The number of carbonyl (C=O) groups is 2. The summed E-state index contributed by atoms with van der Waals surface area (Å²) in [5.41, 5.74) is 0.887. The zero-order chi connectivity index (χ0) is 15.4. The van der Waals surface area contributed by atoms with Crippen LogP contribution in [0.1, 0.15) is 31.9 Å². The number of hydrogen-bond acceptors (Lipinski definition) is 4. The van der Waals surface area contributed by atoms with Gasteiger partial charge in [0.1, 0.15) is 6.04 Å². The molecule has 21 heavy (non-hydrogen) atoms. The molecule has 2 N–H and O–H groups in total. The van der Waals surface area contributed by atoms with E-state index in [4.69, 9.17) is 0 Å². The molecule has 2 amide bonds. The zero-order valence-corrected chi connectivity index (χ0v) is 12.8. The summed E-state index contributed by atoms with van der Waals surface area (Å²) < 4.78 is 0. The van der Waals surface area contributed by atoms with Gasteiger partial charge in [0.05, 0.1) is 11.4 Å². The SMILES string of the molecule is CCC1SCC(C(=O)O)N1C(=O)NC(C)c1cccnc1. The summed E-state index contributed by atoms with van der Waals surface area (Å²) in [4.78, 5) is 29.2. The van der Waals surface area contributed by atoms with Crippen LogP contribution in [-0.4, -0.2) is 44.2 Å². The zero-order valence-electron chi connectivity index (χ0n) is 12.0. The van der Waals surface area contributed by atoms with Gasteiger partial charge < -0.3 is 10.4 Å². The van der Waals surface area contributed by atoms with Crippen molar-refractivity contribution in [3.8, 4) is 0 Å². The molecule has 1 aromatic heterocycles. The van der Waals surface area contributed by atoms with Crippen LogP contribution in [-0.2, 0) is 4.79 Å². The molecule has 7 heteroatoms. The Morgan fingerprint density at radius 3 is 2.95 bits per heavy atom. The lowest BCUT2D eigenvalue weighted by Crippen LogP contribution is -2.50. The van der Waals surface area contributed by atoms with Crippen molar-refractivity contribution in [1.82, 2.24) is 15.2 Å². The maximum Gasteiger partial charge on any atom is 0.327 e. The largest absolute Gasteiger partial charge is 0.480 e. The molecule has 6 nitrogen and oxygen atoms in total. The van der Waals surface area contributed by atoms with Crippen molar-refractivity contribution in [1.29, 1.82) is 0 Å². The fourth-order valence-electron chi connectivity index (χ4n) is 2.32. The minimum absolute atomic E-state index is 0.0906. The molecule has 2 rings (SSSR count). The molecule has 0 spiro atoms. The summed E-state index contributed by atoms with van der Waals surface area (Å²) in [6, 6.07) is 2.36. The van der Waals surface area contributed by atoms with E-state index in [2.05, 4.69) is 10.3 Å². The van der Waals surface area contributed by atoms with Gasteiger partial charge in [0.15, 0.2) is 0 Å². The number of carboxylic acid groups (broad SMARTS) is 1. The number of hydrogen-bond donors (Lipinski definition) is 2. The van der Waals surface area contributed by atoms with Gasteiger partial charge in [-0.05, 0) is 25.0 Å². The fraction of sp³-hybridized carbons (Fsp3) is 0.500. The Labute approximate surface area is 127 Å². The van der Waals surface area contributed by atoms with Crippen molar-refractivity contribution >= 4 is 23.8 Å². The standard InChI is InChI=1S/C14H19N3O3S/c1-3-12-17(11(8-21-12)13(18)19)14(20)16-9(2)10-5-4-6-15-7-10/h4-7,9,11-12H,3,8H2,1-2H3,(H,16,20)(H,18,19). The molecule has 0 saturated carbocycles. The third-order valence-electron chi connectivity index (χ3n) is 3.49. The average Bonchev–Trinajstić information content (AvgIpc) is 2.92. The lowest BCUT2D eigenvalue weighted by molar-refractivity contribution is -0.141. The van der Waals surface area contributed by atoms with E-state index in [1.165, 1.54) is 16.7 Å². The van der Waals surface area contributed by atoms with Crippen molar-refractivity contribution < 1.29 is 14.7 Å². The lowest BCUT2D eigenvalue weighted by atomic mass is 10.1. The fourth-order valence-corrected chi connectivity index (χ4v) is 3.66. The molecule has 1 aliphatic heterocycles. The van der Waals surface area contributed by atoms with Crippen LogP contribution in [0.5, 0.6) is 0 Å². The summed E-state index contributed by atoms with van der Waals surface area (Å²) in [5, 5.41) is 12.0. The van der Waals surface area contributed by atoms with Crippen LogP contribution >= 0.6 is 11.8 Å². The van der Waals surface area contributed by atoms with E-state index < -0.39 is 12.0 Å². The second kappa shape index (κ2) is 6.80. The number of thioether (sulfide) groups is 1. The number of aliphatic carboxylic acids is 1. The van der Waals surface area contributed by atoms with E-state index in [-0.39, 0.29) is 17.4 Å². The summed E-state index contributed by atoms with van der Waals surface area (Å²) in [7, 11) is 0. The molecule has 3 unspecified atom stereocenters. The highest BCUT2D eigenvalue weighted by Gasteiger charge is 2.41. The number of pyridine rings is 1. The first kappa shape index (κ1) is 15.6. The first-order valence-electron chi connectivity index (χ1n) is 6.87. The number of carboxylic acids is 1. The van der Waals surface area contributed by atoms with E-state index >= 15 is 0 Å². The molecule has 0 aromatic carbocycles. The van der Waals surface area contributed by atoms with Gasteiger partial charge in [-0.1, -0.05) is 13.0 Å². The molecule has 1 aliphatic rings. The highest BCUT2D eigenvalue weighted by atomic mass is 32.2. The van der Waals surface area contributed by atoms with Gasteiger partial charge in [-0.15, -0.1) is 11.8 Å². The van der Waals surface area contributed by atoms with E-state index in [0.717, 1.165) is 12.0 Å². The first-order valence-corrected chi connectivity index (χ1v) is 7.92. The molecule has 1 aromatic rings. The van der Waals surface area contributed by atoms with Crippen LogP contribution in [0.3, 0.4) is 0 Å². The number of carbonyl (C=O) groups excluding carboxylic acids is 1. The Morgan fingerprint density at radius 2 is 2.38 bits per heavy atom. The Bertz CT molecular complexity index is 511. The van der Waals surface area contributed by atoms with Gasteiger partial charge in [-0.25, -0.2) is 9.59 Å². The van der Waals surface area contributed by atoms with Crippen molar-refractivity contribution in [2.75, 3.05) is 5.75 Å². The van der Waals surface area contributed by atoms with Crippen molar-refractivity contribution in [3.05, 3.63) is 30.1 Å². The molecular formula is C14H19N3O3S. The Morgan fingerprint density at radius 1 is 1.62 bits per heavy atom. The average molecular weight is 309 g/mol. The summed E-state index contributed by atoms with van der Waals surface area (Å²) in [6.45, 7) is 3.81. The molecular weight excluding hydrogens is 290 g/mol. The quantitative estimate of drug-likeness (QED) is 0.890. The van der Waals surface area contributed by atoms with Crippen molar-refractivity contribution in [2.45, 2.75) is 37.7 Å². The molecule has 2 heterocycles. The Hall–Kier alpha value is -1.76. The van der Waals surface area contributed by atoms with E-state index in [0.29, 0.717) is 5.75 Å². The number of aromatic nitrogens is 1. The number of nitrogens with zero attached hydrogens (tertiary/aromatic N) is 2. The molecule has 0 radical (unpaired) electrons. The van der Waals surface area contributed by atoms with E-state index in [1.54, 1.807) is 18.5 Å². The third kappa shape index (κ3) is 3.47. The van der Waals surface area contributed by atoms with Crippen molar-refractivity contribution in [2.24, 2.45) is 0 Å². The van der Waals surface area contributed by atoms with E-state index in [9.17, 15) is 14.7 Å². The van der Waals surface area contributed by atoms with E-state index in [1.807, 2.05) is 19.9 Å². The Balaban J connectivity index is 2.08. The van der Waals surface area contributed by atoms with Gasteiger partial charge in [0.25, 0.3) is 0 Å². The van der Waals surface area contributed by atoms with Crippen LogP contribution in [0, 0.1) is 0 Å². The normalized spacial score (nSPS) is 22.9. The maximum atomic E-state index is 12.4. The third-order valence-corrected chi connectivity index (χ3v) is 4.94. The second-order valence-electron chi connectivity index (χ2n) is 4.92. The summed E-state index contributed by atoms with van der Waals surface area (Å²) in [5.74, 6) is -0.523. The highest BCUT2D eigenvalue weighted by Crippen LogP contribution is 2.31. The van der Waals surface area contributed by atoms with Gasteiger partial charge in [0, 0.05) is 18.1 Å². The van der Waals surface area contributed by atoms with Crippen molar-refractivity contribution in [3.63, 3.8) is 0 Å². The minimum Gasteiger partial charge on any atom is -0.480 e. The first-order chi connectivity index (χ1) is 10.0. The van der Waals surface area contributed by atoms with Gasteiger partial charge >= 0.3 is 12.0 Å².